The number of nitrogens with one attached hydrogen (secondary N) is 2. The fourth-order valence-corrected chi connectivity index (χ4v) is 2.81. The molecule has 2 aliphatic rings. The van der Waals surface area contributed by atoms with Gasteiger partial charge in [0.1, 0.15) is 0 Å². The lowest BCUT2D eigenvalue weighted by atomic mass is 9.94. The lowest BCUT2D eigenvalue weighted by Gasteiger charge is -2.19. The van der Waals surface area contributed by atoms with E-state index in [4.69, 9.17) is 0 Å². The Morgan fingerprint density at radius 1 is 1.53 bits per heavy atom. The standard InChI is InChI=1S/C13H24N2O2/c1-9(2)6-13(3-4-13)8-15-12(17)11-5-10(16)7-14-11/h9-11,14,16H,3-8H2,1-2H3,(H,15,17). The zero-order chi connectivity index (χ0) is 12.5. The van der Waals surface area contributed by atoms with Crippen LogP contribution in [0.15, 0.2) is 0 Å². The Hall–Kier alpha value is -0.610. The van der Waals surface area contributed by atoms with Gasteiger partial charge in [-0.3, -0.25) is 4.79 Å². The van der Waals surface area contributed by atoms with Gasteiger partial charge in [-0.05, 0) is 37.0 Å². The van der Waals surface area contributed by atoms with Gasteiger partial charge in [-0.25, -0.2) is 0 Å². The Morgan fingerprint density at radius 2 is 2.24 bits per heavy atom. The zero-order valence-electron chi connectivity index (χ0n) is 10.8. The van der Waals surface area contributed by atoms with E-state index < -0.39 is 0 Å². The number of amides is 1. The second-order valence-corrected chi connectivity index (χ2v) is 6.17. The molecule has 4 heteroatoms. The van der Waals surface area contributed by atoms with Gasteiger partial charge in [0.2, 0.25) is 5.91 Å². The number of carbonyl (C=O) groups excluding carboxylic acids is 1. The largest absolute Gasteiger partial charge is 0.392 e. The molecule has 1 aliphatic carbocycles. The minimum absolute atomic E-state index is 0.0524. The fraction of sp³-hybridized carbons (Fsp3) is 0.923. The monoisotopic (exact) mass is 240 g/mol. The number of rotatable bonds is 5. The van der Waals surface area contributed by atoms with Crippen LogP contribution in [-0.4, -0.2) is 36.2 Å². The van der Waals surface area contributed by atoms with Gasteiger partial charge in [0.05, 0.1) is 12.1 Å². The van der Waals surface area contributed by atoms with Crippen molar-refractivity contribution < 1.29 is 9.90 Å². The minimum atomic E-state index is -0.365. The van der Waals surface area contributed by atoms with Gasteiger partial charge in [-0.15, -0.1) is 0 Å². The molecule has 0 bridgehead atoms. The number of aliphatic hydroxyl groups excluding tert-OH is 1. The van der Waals surface area contributed by atoms with E-state index in [2.05, 4.69) is 24.5 Å². The van der Waals surface area contributed by atoms with Crippen LogP contribution in [-0.2, 0) is 4.79 Å². The molecule has 1 amide bonds. The number of β-amino-alcohol motifs (C(OH)–C–C–N with tert-alkyl or cyclic N) is 1. The number of carbonyl (C=O) groups is 1. The SMILES string of the molecule is CC(C)CC1(CNC(=O)C2CC(O)CN2)CC1. The lowest BCUT2D eigenvalue weighted by molar-refractivity contribution is -0.123. The van der Waals surface area contributed by atoms with Crippen molar-refractivity contribution in [2.24, 2.45) is 11.3 Å². The van der Waals surface area contributed by atoms with Crippen molar-refractivity contribution in [2.75, 3.05) is 13.1 Å². The van der Waals surface area contributed by atoms with E-state index in [0.29, 0.717) is 24.3 Å². The molecule has 2 unspecified atom stereocenters. The summed E-state index contributed by atoms with van der Waals surface area (Å²) in [7, 11) is 0. The number of hydrogen-bond acceptors (Lipinski definition) is 3. The van der Waals surface area contributed by atoms with Crippen molar-refractivity contribution in [3.05, 3.63) is 0 Å². The summed E-state index contributed by atoms with van der Waals surface area (Å²) in [5, 5.41) is 15.4. The van der Waals surface area contributed by atoms with Gasteiger partial charge in [-0.1, -0.05) is 13.8 Å². The predicted molar refractivity (Wildman–Crippen MR) is 66.5 cm³/mol. The third-order valence-corrected chi connectivity index (χ3v) is 3.86. The smallest absolute Gasteiger partial charge is 0.237 e. The topological polar surface area (TPSA) is 61.4 Å². The summed E-state index contributed by atoms with van der Waals surface area (Å²) in [4.78, 5) is 11.9. The first-order valence-corrected chi connectivity index (χ1v) is 6.70. The van der Waals surface area contributed by atoms with Gasteiger partial charge >= 0.3 is 0 Å². The van der Waals surface area contributed by atoms with E-state index in [9.17, 15) is 9.90 Å². The van der Waals surface area contributed by atoms with Crippen LogP contribution >= 0.6 is 0 Å². The number of hydrogen-bond donors (Lipinski definition) is 3. The molecule has 2 atom stereocenters. The van der Waals surface area contributed by atoms with Gasteiger partial charge in [0.25, 0.3) is 0 Å². The molecule has 0 aromatic carbocycles. The van der Waals surface area contributed by atoms with Crippen molar-refractivity contribution in [2.45, 2.75) is 51.7 Å². The van der Waals surface area contributed by atoms with Gasteiger partial charge in [0.15, 0.2) is 0 Å². The van der Waals surface area contributed by atoms with Crippen LogP contribution in [0.25, 0.3) is 0 Å². The highest BCUT2D eigenvalue weighted by Crippen LogP contribution is 2.49. The molecule has 0 aromatic heterocycles. The summed E-state index contributed by atoms with van der Waals surface area (Å²) >= 11 is 0. The van der Waals surface area contributed by atoms with Crippen molar-refractivity contribution in [3.63, 3.8) is 0 Å². The predicted octanol–water partition coefficient (Wildman–Crippen LogP) is 0.652. The van der Waals surface area contributed by atoms with Gasteiger partial charge in [-0.2, -0.15) is 0 Å². The molecule has 17 heavy (non-hydrogen) atoms. The fourth-order valence-electron chi connectivity index (χ4n) is 2.81. The van der Waals surface area contributed by atoms with E-state index >= 15 is 0 Å². The van der Waals surface area contributed by atoms with Crippen LogP contribution in [0.4, 0.5) is 0 Å². The van der Waals surface area contributed by atoms with Crippen LogP contribution in [0.3, 0.4) is 0 Å². The summed E-state index contributed by atoms with van der Waals surface area (Å²) in [5.74, 6) is 0.748. The zero-order valence-corrected chi connectivity index (χ0v) is 10.8. The normalized spacial score (nSPS) is 30.6. The first kappa shape index (κ1) is 12.8. The maximum Gasteiger partial charge on any atom is 0.237 e. The highest BCUT2D eigenvalue weighted by atomic mass is 16.3. The molecule has 1 aliphatic heterocycles. The molecule has 3 N–H and O–H groups in total. The average molecular weight is 240 g/mol. The Morgan fingerprint density at radius 3 is 2.71 bits per heavy atom. The summed E-state index contributed by atoms with van der Waals surface area (Å²) < 4.78 is 0. The third kappa shape index (κ3) is 3.42. The van der Waals surface area contributed by atoms with Crippen molar-refractivity contribution in [1.82, 2.24) is 10.6 Å². The Kier molecular flexibility index (Phi) is 3.73. The van der Waals surface area contributed by atoms with Crippen molar-refractivity contribution in [3.8, 4) is 0 Å². The van der Waals surface area contributed by atoms with Gasteiger partial charge < -0.3 is 15.7 Å². The molecule has 0 radical (unpaired) electrons. The minimum Gasteiger partial charge on any atom is -0.392 e. The summed E-state index contributed by atoms with van der Waals surface area (Å²) in [5.41, 5.74) is 0.376. The first-order valence-electron chi connectivity index (χ1n) is 6.70. The first-order chi connectivity index (χ1) is 8.01. The third-order valence-electron chi connectivity index (χ3n) is 3.86. The van der Waals surface area contributed by atoms with Crippen LogP contribution in [0.1, 0.15) is 39.5 Å². The molecule has 1 saturated carbocycles. The Bertz CT molecular complexity index is 287. The Labute approximate surface area is 103 Å². The van der Waals surface area contributed by atoms with E-state index in [1.54, 1.807) is 0 Å². The lowest BCUT2D eigenvalue weighted by Crippen LogP contribution is -2.42. The van der Waals surface area contributed by atoms with Crippen LogP contribution in [0.2, 0.25) is 0 Å². The van der Waals surface area contributed by atoms with Crippen molar-refractivity contribution >= 4 is 5.91 Å². The van der Waals surface area contributed by atoms with Crippen LogP contribution in [0.5, 0.6) is 0 Å². The quantitative estimate of drug-likeness (QED) is 0.661. The van der Waals surface area contributed by atoms with E-state index in [0.717, 1.165) is 6.54 Å². The summed E-state index contributed by atoms with van der Waals surface area (Å²) in [6, 6.07) is -0.195. The van der Waals surface area contributed by atoms with Crippen LogP contribution in [0, 0.1) is 11.3 Å². The van der Waals surface area contributed by atoms with Crippen molar-refractivity contribution in [1.29, 1.82) is 0 Å². The molecule has 2 fully saturated rings. The maximum atomic E-state index is 11.9. The van der Waals surface area contributed by atoms with E-state index in [1.807, 2.05) is 0 Å². The number of aliphatic hydroxyl groups is 1. The molecular formula is C13H24N2O2. The van der Waals surface area contributed by atoms with E-state index in [1.165, 1.54) is 19.3 Å². The highest BCUT2D eigenvalue weighted by molar-refractivity contribution is 5.82. The molecule has 0 spiro atoms. The molecule has 1 saturated heterocycles. The second-order valence-electron chi connectivity index (χ2n) is 6.17. The Balaban J connectivity index is 1.73. The average Bonchev–Trinajstić information content (AvgIpc) is 2.86. The van der Waals surface area contributed by atoms with Gasteiger partial charge in [0, 0.05) is 13.1 Å². The summed E-state index contributed by atoms with van der Waals surface area (Å²) in [6.07, 6.45) is 3.87. The molecular weight excluding hydrogens is 216 g/mol. The molecule has 0 aromatic rings. The summed E-state index contributed by atoms with van der Waals surface area (Å²) in [6.45, 7) is 5.81. The van der Waals surface area contributed by atoms with Crippen LogP contribution < -0.4 is 10.6 Å². The molecule has 1 heterocycles. The second kappa shape index (κ2) is 4.94. The molecule has 2 rings (SSSR count). The highest BCUT2D eigenvalue weighted by Gasteiger charge is 2.43. The maximum absolute atomic E-state index is 11.9. The molecule has 98 valence electrons. The van der Waals surface area contributed by atoms with E-state index in [-0.39, 0.29) is 18.1 Å². The molecule has 4 nitrogen and oxygen atoms in total.